The quantitative estimate of drug-likeness (QED) is 0.858. The third-order valence-electron chi connectivity index (χ3n) is 4.05. The zero-order valence-electron chi connectivity index (χ0n) is 12.8. The first-order valence-corrected chi connectivity index (χ1v) is 7.63. The molecule has 2 aliphatic rings. The molecule has 0 spiro atoms. The van der Waals surface area contributed by atoms with Crippen LogP contribution in [0.3, 0.4) is 0 Å². The Labute approximate surface area is 137 Å². The third-order valence-corrected chi connectivity index (χ3v) is 4.05. The summed E-state index contributed by atoms with van der Waals surface area (Å²) < 4.78 is 11.2. The number of hydrogen-bond donors (Lipinski definition) is 2. The van der Waals surface area contributed by atoms with Crippen molar-refractivity contribution in [1.29, 1.82) is 0 Å². The van der Waals surface area contributed by atoms with Gasteiger partial charge in [0.1, 0.15) is 18.1 Å². The number of benzene rings is 1. The van der Waals surface area contributed by atoms with E-state index in [9.17, 15) is 4.79 Å². The second kappa shape index (κ2) is 7.70. The van der Waals surface area contributed by atoms with Crippen molar-refractivity contribution >= 4 is 18.3 Å². The van der Waals surface area contributed by atoms with E-state index in [0.717, 1.165) is 36.7 Å². The number of hydrogen-bond acceptors (Lipinski definition) is 4. The number of fused-ring (bicyclic) bond motifs is 1. The predicted octanol–water partition coefficient (Wildman–Crippen LogP) is 1.39. The summed E-state index contributed by atoms with van der Waals surface area (Å²) in [6.07, 6.45) is 0.713. The molecule has 1 unspecified atom stereocenters. The lowest BCUT2D eigenvalue weighted by atomic mass is 9.95. The van der Waals surface area contributed by atoms with Gasteiger partial charge in [0, 0.05) is 25.6 Å². The van der Waals surface area contributed by atoms with Gasteiger partial charge in [0.15, 0.2) is 0 Å². The Morgan fingerprint density at radius 2 is 2.27 bits per heavy atom. The zero-order chi connectivity index (χ0) is 14.7. The Morgan fingerprint density at radius 3 is 2.95 bits per heavy atom. The monoisotopic (exact) mass is 326 g/mol. The lowest BCUT2D eigenvalue weighted by Gasteiger charge is -2.29. The second-order valence-electron chi connectivity index (χ2n) is 5.68. The van der Waals surface area contributed by atoms with E-state index in [0.29, 0.717) is 25.6 Å². The molecule has 2 N–H and O–H groups in total. The van der Waals surface area contributed by atoms with E-state index in [2.05, 4.69) is 10.6 Å². The van der Waals surface area contributed by atoms with Crippen molar-refractivity contribution < 1.29 is 14.3 Å². The number of carbonyl (C=O) groups excluding carboxylic acids is 1. The van der Waals surface area contributed by atoms with Gasteiger partial charge in [-0.2, -0.15) is 0 Å². The van der Waals surface area contributed by atoms with Crippen molar-refractivity contribution in [2.75, 3.05) is 32.8 Å². The van der Waals surface area contributed by atoms with Gasteiger partial charge in [0.2, 0.25) is 5.91 Å². The van der Waals surface area contributed by atoms with Gasteiger partial charge in [-0.1, -0.05) is 0 Å². The number of amides is 1. The maximum Gasteiger partial charge on any atom is 0.226 e. The number of ether oxygens (including phenoxy) is 2. The lowest BCUT2D eigenvalue weighted by molar-refractivity contribution is -0.126. The number of carbonyl (C=O) groups is 1. The molecule has 3 rings (SSSR count). The van der Waals surface area contributed by atoms with E-state index >= 15 is 0 Å². The first-order valence-electron chi connectivity index (χ1n) is 7.63. The lowest BCUT2D eigenvalue weighted by Crippen LogP contribution is -2.49. The van der Waals surface area contributed by atoms with E-state index in [-0.39, 0.29) is 24.2 Å². The van der Waals surface area contributed by atoms with Crippen molar-refractivity contribution in [2.24, 2.45) is 11.8 Å². The Hall–Kier alpha value is -1.46. The van der Waals surface area contributed by atoms with Gasteiger partial charge in [0.05, 0.1) is 12.5 Å². The molecule has 5 nitrogen and oxygen atoms in total. The normalized spacial score (nSPS) is 20.0. The summed E-state index contributed by atoms with van der Waals surface area (Å²) in [7, 11) is 0. The maximum atomic E-state index is 12.2. The molecule has 1 amide bonds. The fraction of sp³-hybridized carbons (Fsp3) is 0.562. The summed E-state index contributed by atoms with van der Waals surface area (Å²) in [4.78, 5) is 12.2. The van der Waals surface area contributed by atoms with E-state index in [1.54, 1.807) is 0 Å². The minimum atomic E-state index is -0.109. The topological polar surface area (TPSA) is 59.6 Å². The van der Waals surface area contributed by atoms with Crippen molar-refractivity contribution in [2.45, 2.75) is 13.3 Å². The number of nitrogens with one attached hydrogen (secondary N) is 2. The van der Waals surface area contributed by atoms with Gasteiger partial charge in [0.25, 0.3) is 0 Å². The number of halogens is 1. The Morgan fingerprint density at radius 1 is 1.45 bits per heavy atom. The molecular formula is C16H23ClN2O3. The van der Waals surface area contributed by atoms with Crippen LogP contribution in [0.5, 0.6) is 11.5 Å². The zero-order valence-corrected chi connectivity index (χ0v) is 13.6. The fourth-order valence-corrected chi connectivity index (χ4v) is 2.68. The Balaban J connectivity index is 0.00000176. The van der Waals surface area contributed by atoms with Crippen LogP contribution in [0, 0.1) is 11.8 Å². The smallest absolute Gasteiger partial charge is 0.226 e. The van der Waals surface area contributed by atoms with Gasteiger partial charge in [-0.3, -0.25) is 4.79 Å². The first kappa shape index (κ1) is 16.9. The van der Waals surface area contributed by atoms with Crippen LogP contribution >= 0.6 is 12.4 Å². The highest BCUT2D eigenvalue weighted by Gasteiger charge is 2.27. The van der Waals surface area contributed by atoms with Crippen LogP contribution in [0.1, 0.15) is 12.5 Å². The largest absolute Gasteiger partial charge is 0.494 e. The average molecular weight is 327 g/mol. The SMILES string of the molecule is CCOc1ccc2c(c1)CC(C(=O)NCC1CNC1)CO2.Cl. The molecule has 0 radical (unpaired) electrons. The molecule has 22 heavy (non-hydrogen) atoms. The summed E-state index contributed by atoms with van der Waals surface area (Å²) in [5, 5.41) is 6.24. The number of rotatable bonds is 5. The summed E-state index contributed by atoms with van der Waals surface area (Å²) in [5.74, 6) is 2.26. The van der Waals surface area contributed by atoms with Crippen molar-refractivity contribution in [3.05, 3.63) is 23.8 Å². The van der Waals surface area contributed by atoms with E-state index in [1.807, 2.05) is 25.1 Å². The molecule has 2 aliphatic heterocycles. The summed E-state index contributed by atoms with van der Waals surface area (Å²) >= 11 is 0. The van der Waals surface area contributed by atoms with Crippen molar-refractivity contribution in [1.82, 2.24) is 10.6 Å². The Bertz CT molecular complexity index is 520. The maximum absolute atomic E-state index is 12.2. The Kier molecular flexibility index (Phi) is 5.91. The molecule has 2 heterocycles. The van der Waals surface area contributed by atoms with Crippen LogP contribution in [0.25, 0.3) is 0 Å². The van der Waals surface area contributed by atoms with Gasteiger partial charge < -0.3 is 20.1 Å². The van der Waals surface area contributed by atoms with Crippen LogP contribution in [0.2, 0.25) is 0 Å². The summed E-state index contributed by atoms with van der Waals surface area (Å²) in [6, 6.07) is 5.81. The molecule has 122 valence electrons. The molecule has 1 aromatic carbocycles. The molecule has 0 aromatic heterocycles. The van der Waals surface area contributed by atoms with Gasteiger partial charge in [-0.15, -0.1) is 12.4 Å². The highest BCUT2D eigenvalue weighted by Crippen LogP contribution is 2.30. The average Bonchev–Trinajstić information content (AvgIpc) is 2.45. The highest BCUT2D eigenvalue weighted by atomic mass is 35.5. The van der Waals surface area contributed by atoms with Crippen LogP contribution in [0.4, 0.5) is 0 Å². The van der Waals surface area contributed by atoms with Crippen LogP contribution in [-0.4, -0.2) is 38.8 Å². The summed E-state index contributed by atoms with van der Waals surface area (Å²) in [5.41, 5.74) is 1.05. The minimum Gasteiger partial charge on any atom is -0.494 e. The van der Waals surface area contributed by atoms with Crippen LogP contribution < -0.4 is 20.1 Å². The highest BCUT2D eigenvalue weighted by molar-refractivity contribution is 5.85. The van der Waals surface area contributed by atoms with E-state index in [4.69, 9.17) is 9.47 Å². The molecule has 6 heteroatoms. The fourth-order valence-electron chi connectivity index (χ4n) is 2.68. The van der Waals surface area contributed by atoms with E-state index in [1.165, 1.54) is 0 Å². The summed E-state index contributed by atoms with van der Waals surface area (Å²) in [6.45, 7) is 5.81. The van der Waals surface area contributed by atoms with Crippen LogP contribution in [0.15, 0.2) is 18.2 Å². The minimum absolute atomic E-state index is 0. The molecule has 0 bridgehead atoms. The molecule has 1 saturated heterocycles. The van der Waals surface area contributed by atoms with Gasteiger partial charge in [-0.05, 0) is 37.1 Å². The van der Waals surface area contributed by atoms with Crippen LogP contribution in [-0.2, 0) is 11.2 Å². The molecule has 0 aliphatic carbocycles. The molecule has 1 aromatic rings. The van der Waals surface area contributed by atoms with Crippen molar-refractivity contribution in [3.8, 4) is 11.5 Å². The van der Waals surface area contributed by atoms with Gasteiger partial charge >= 0.3 is 0 Å². The predicted molar refractivity (Wildman–Crippen MR) is 86.9 cm³/mol. The third kappa shape index (κ3) is 3.84. The molecule has 1 fully saturated rings. The standard InChI is InChI=1S/C16H22N2O3.ClH/c1-2-20-14-3-4-15-12(6-14)5-13(10-21-15)16(19)18-9-11-7-17-8-11;/h3-4,6,11,13,17H,2,5,7-10H2,1H3,(H,18,19);1H. The molecular weight excluding hydrogens is 304 g/mol. The molecule has 1 atom stereocenters. The van der Waals surface area contributed by atoms with Crippen molar-refractivity contribution in [3.63, 3.8) is 0 Å². The van der Waals surface area contributed by atoms with E-state index < -0.39 is 0 Å². The second-order valence-corrected chi connectivity index (χ2v) is 5.68. The first-order chi connectivity index (χ1) is 10.3. The van der Waals surface area contributed by atoms with Gasteiger partial charge in [-0.25, -0.2) is 0 Å². The molecule has 0 saturated carbocycles.